The number of rotatable bonds is 4. The van der Waals surface area contributed by atoms with Gasteiger partial charge >= 0.3 is 6.18 Å². The van der Waals surface area contributed by atoms with Crippen LogP contribution in [0.3, 0.4) is 0 Å². The number of nitrogens with zero attached hydrogens (tertiary/aromatic N) is 2. The zero-order valence-electron chi connectivity index (χ0n) is 14.9. The fraction of sp³-hybridized carbons (Fsp3) is 0.474. The van der Waals surface area contributed by atoms with E-state index in [2.05, 4.69) is 14.9 Å². The number of alkyl halides is 3. The first kappa shape index (κ1) is 19.7. The van der Waals surface area contributed by atoms with Crippen LogP contribution in [0.2, 0.25) is 5.02 Å². The molecule has 4 nitrogen and oxygen atoms in total. The third kappa shape index (κ3) is 4.83. The van der Waals surface area contributed by atoms with E-state index in [0.29, 0.717) is 5.92 Å². The van der Waals surface area contributed by atoms with Crippen LogP contribution in [0.1, 0.15) is 47.4 Å². The highest BCUT2D eigenvalue weighted by atomic mass is 35.5. The number of hydrogen-bond donors (Lipinski definition) is 1. The SMILES string of the molecule is Cc1nccn1CC1CCC(NC(=O)c2cc(C(F)(F)F)ccc2Cl)CC1. The van der Waals surface area contributed by atoms with Crippen LogP contribution < -0.4 is 5.32 Å². The Kier molecular flexibility index (Phi) is 5.79. The van der Waals surface area contributed by atoms with Gasteiger partial charge in [-0.1, -0.05) is 11.6 Å². The van der Waals surface area contributed by atoms with Gasteiger partial charge in [-0.15, -0.1) is 0 Å². The number of amides is 1. The zero-order valence-corrected chi connectivity index (χ0v) is 15.6. The fourth-order valence-corrected chi connectivity index (χ4v) is 3.71. The lowest BCUT2D eigenvalue weighted by molar-refractivity contribution is -0.137. The molecule has 1 aliphatic carbocycles. The maximum Gasteiger partial charge on any atom is 0.416 e. The molecule has 1 fully saturated rings. The van der Waals surface area contributed by atoms with E-state index < -0.39 is 17.6 Å². The zero-order chi connectivity index (χ0) is 19.6. The Bertz CT molecular complexity index is 811. The highest BCUT2D eigenvalue weighted by molar-refractivity contribution is 6.33. The summed E-state index contributed by atoms with van der Waals surface area (Å²) in [6.45, 7) is 2.86. The van der Waals surface area contributed by atoms with E-state index in [1.807, 2.05) is 13.1 Å². The molecule has 0 aliphatic heterocycles. The van der Waals surface area contributed by atoms with Gasteiger partial charge in [-0.25, -0.2) is 4.98 Å². The summed E-state index contributed by atoms with van der Waals surface area (Å²) in [5.74, 6) is 0.924. The molecular formula is C19H21ClF3N3O. The van der Waals surface area contributed by atoms with Crippen molar-refractivity contribution in [3.05, 3.63) is 52.6 Å². The van der Waals surface area contributed by atoms with Gasteiger partial charge in [-0.05, 0) is 56.7 Å². The fourth-order valence-electron chi connectivity index (χ4n) is 3.50. The van der Waals surface area contributed by atoms with Crippen LogP contribution in [0, 0.1) is 12.8 Å². The predicted octanol–water partition coefficient (Wildman–Crippen LogP) is 4.85. The molecule has 0 atom stereocenters. The number of benzene rings is 1. The van der Waals surface area contributed by atoms with Gasteiger partial charge in [0.1, 0.15) is 5.82 Å². The van der Waals surface area contributed by atoms with Gasteiger partial charge in [0.05, 0.1) is 16.1 Å². The second kappa shape index (κ2) is 7.92. The third-order valence-corrected chi connectivity index (χ3v) is 5.43. The van der Waals surface area contributed by atoms with Gasteiger partial charge in [-0.3, -0.25) is 4.79 Å². The van der Waals surface area contributed by atoms with Crippen molar-refractivity contribution in [3.63, 3.8) is 0 Å². The van der Waals surface area contributed by atoms with Gasteiger partial charge in [0.2, 0.25) is 0 Å². The second-order valence-corrected chi connectivity index (χ2v) is 7.42. The molecule has 0 unspecified atom stereocenters. The molecule has 0 spiro atoms. The van der Waals surface area contributed by atoms with E-state index in [1.165, 1.54) is 0 Å². The Morgan fingerprint density at radius 3 is 2.59 bits per heavy atom. The molecule has 27 heavy (non-hydrogen) atoms. The van der Waals surface area contributed by atoms with E-state index in [1.54, 1.807) is 6.20 Å². The van der Waals surface area contributed by atoms with Gasteiger partial charge in [0, 0.05) is 25.0 Å². The summed E-state index contributed by atoms with van der Waals surface area (Å²) in [4.78, 5) is 16.6. The minimum Gasteiger partial charge on any atom is -0.349 e. The van der Waals surface area contributed by atoms with Gasteiger partial charge in [-0.2, -0.15) is 13.2 Å². The maximum atomic E-state index is 12.9. The third-order valence-electron chi connectivity index (χ3n) is 5.10. The molecule has 0 saturated heterocycles. The first-order chi connectivity index (χ1) is 12.7. The lowest BCUT2D eigenvalue weighted by atomic mass is 9.85. The minimum atomic E-state index is -4.51. The number of hydrogen-bond acceptors (Lipinski definition) is 2. The summed E-state index contributed by atoms with van der Waals surface area (Å²) < 4.78 is 40.7. The summed E-state index contributed by atoms with van der Waals surface area (Å²) in [5.41, 5.74) is -1.01. The number of halogens is 4. The smallest absolute Gasteiger partial charge is 0.349 e. The maximum absolute atomic E-state index is 12.9. The summed E-state index contributed by atoms with van der Waals surface area (Å²) in [6, 6.07) is 2.75. The summed E-state index contributed by atoms with van der Waals surface area (Å²) in [7, 11) is 0. The minimum absolute atomic E-state index is 0.0183. The van der Waals surface area contributed by atoms with Crippen molar-refractivity contribution in [2.24, 2.45) is 5.92 Å². The first-order valence-corrected chi connectivity index (χ1v) is 9.27. The van der Waals surface area contributed by atoms with Crippen molar-refractivity contribution in [3.8, 4) is 0 Å². The van der Waals surface area contributed by atoms with E-state index in [0.717, 1.165) is 56.3 Å². The van der Waals surface area contributed by atoms with Crippen molar-refractivity contribution in [2.75, 3.05) is 0 Å². The van der Waals surface area contributed by atoms with E-state index in [9.17, 15) is 18.0 Å². The van der Waals surface area contributed by atoms with E-state index >= 15 is 0 Å². The Labute approximate surface area is 160 Å². The number of imidazole rings is 1. The summed E-state index contributed by atoms with van der Waals surface area (Å²) in [5, 5.41) is 2.85. The Balaban J connectivity index is 1.57. The molecular weight excluding hydrogens is 379 g/mol. The standard InChI is InChI=1S/C19H21ClF3N3O/c1-12-24-8-9-26(12)11-13-2-5-15(6-3-13)25-18(27)16-10-14(19(21,22)23)4-7-17(16)20/h4,7-10,13,15H,2-3,5-6,11H2,1H3,(H,25,27). The lowest BCUT2D eigenvalue weighted by Crippen LogP contribution is -2.38. The molecule has 0 bridgehead atoms. The number of aryl methyl sites for hydroxylation is 1. The second-order valence-electron chi connectivity index (χ2n) is 7.01. The van der Waals surface area contributed by atoms with Crippen molar-refractivity contribution >= 4 is 17.5 Å². The molecule has 0 radical (unpaired) electrons. The molecule has 2 aromatic rings. The first-order valence-electron chi connectivity index (χ1n) is 8.89. The van der Waals surface area contributed by atoms with Gasteiger partial charge in [0.15, 0.2) is 0 Å². The van der Waals surface area contributed by atoms with Crippen LogP contribution in [0.25, 0.3) is 0 Å². The Morgan fingerprint density at radius 2 is 2.00 bits per heavy atom. The highest BCUT2D eigenvalue weighted by Crippen LogP contribution is 2.32. The number of carbonyl (C=O) groups is 1. The van der Waals surface area contributed by atoms with E-state index in [4.69, 9.17) is 11.6 Å². The monoisotopic (exact) mass is 399 g/mol. The molecule has 1 aromatic carbocycles. The average Bonchev–Trinajstić information content (AvgIpc) is 3.00. The topological polar surface area (TPSA) is 46.9 Å². The van der Waals surface area contributed by atoms with Gasteiger partial charge < -0.3 is 9.88 Å². The van der Waals surface area contributed by atoms with E-state index in [-0.39, 0.29) is 16.6 Å². The largest absolute Gasteiger partial charge is 0.416 e. The summed E-state index contributed by atoms with van der Waals surface area (Å²) >= 11 is 5.94. The van der Waals surface area contributed by atoms with Crippen molar-refractivity contribution in [2.45, 2.75) is 51.4 Å². The Hall–Kier alpha value is -2.02. The molecule has 1 N–H and O–H groups in total. The Morgan fingerprint density at radius 1 is 1.30 bits per heavy atom. The highest BCUT2D eigenvalue weighted by Gasteiger charge is 2.32. The average molecular weight is 400 g/mol. The van der Waals surface area contributed by atoms with Gasteiger partial charge in [0.25, 0.3) is 5.91 Å². The number of aromatic nitrogens is 2. The van der Waals surface area contributed by atoms with Crippen LogP contribution >= 0.6 is 11.6 Å². The van der Waals surface area contributed by atoms with Crippen molar-refractivity contribution in [1.82, 2.24) is 14.9 Å². The van der Waals surface area contributed by atoms with Crippen LogP contribution in [-0.4, -0.2) is 21.5 Å². The predicted molar refractivity (Wildman–Crippen MR) is 96.6 cm³/mol. The number of carbonyl (C=O) groups excluding carboxylic acids is 1. The van der Waals surface area contributed by atoms with Crippen LogP contribution in [-0.2, 0) is 12.7 Å². The quantitative estimate of drug-likeness (QED) is 0.798. The van der Waals surface area contributed by atoms with Crippen LogP contribution in [0.5, 0.6) is 0 Å². The molecule has 1 amide bonds. The molecule has 1 heterocycles. The molecule has 1 aromatic heterocycles. The molecule has 146 valence electrons. The number of nitrogens with one attached hydrogen (secondary N) is 1. The van der Waals surface area contributed by atoms with Crippen LogP contribution in [0.15, 0.2) is 30.6 Å². The van der Waals surface area contributed by atoms with Crippen molar-refractivity contribution in [1.29, 1.82) is 0 Å². The normalized spacial score (nSPS) is 20.5. The molecule has 1 saturated carbocycles. The summed E-state index contributed by atoms with van der Waals surface area (Å²) in [6.07, 6.45) is 2.70. The molecule has 3 rings (SSSR count). The molecule has 8 heteroatoms. The van der Waals surface area contributed by atoms with Crippen LogP contribution in [0.4, 0.5) is 13.2 Å². The molecule has 1 aliphatic rings. The lowest BCUT2D eigenvalue weighted by Gasteiger charge is -2.29. The van der Waals surface area contributed by atoms with Crippen molar-refractivity contribution < 1.29 is 18.0 Å².